The summed E-state index contributed by atoms with van der Waals surface area (Å²) in [5.41, 5.74) is 0. The van der Waals surface area contributed by atoms with Crippen LogP contribution in [0.15, 0.2) is 17.5 Å². The maximum Gasteiger partial charge on any atom is 0.0285 e. The summed E-state index contributed by atoms with van der Waals surface area (Å²) < 4.78 is 0. The molecule has 16 heavy (non-hydrogen) atoms. The minimum absolute atomic E-state index is 0.687. The Hall–Kier alpha value is -0.0300. The first kappa shape index (κ1) is 12.4. The molecule has 1 N–H and O–H groups in total. The van der Waals surface area contributed by atoms with Crippen LogP contribution >= 0.6 is 23.1 Å². The quantitative estimate of drug-likeness (QED) is 0.866. The van der Waals surface area contributed by atoms with Crippen molar-refractivity contribution in [3.05, 3.63) is 22.4 Å². The molecule has 1 fully saturated rings. The Kier molecular flexibility index (Phi) is 5.16. The summed E-state index contributed by atoms with van der Waals surface area (Å²) in [6.45, 7) is 3.52. The molecule has 2 nitrogen and oxygen atoms in total. The van der Waals surface area contributed by atoms with Gasteiger partial charge >= 0.3 is 0 Å². The van der Waals surface area contributed by atoms with Crippen molar-refractivity contribution in [3.63, 3.8) is 0 Å². The largest absolute Gasteiger partial charge is 0.311 e. The summed E-state index contributed by atoms with van der Waals surface area (Å²) in [5, 5.41) is 5.74. The van der Waals surface area contributed by atoms with Crippen LogP contribution in [-0.2, 0) is 6.42 Å². The van der Waals surface area contributed by atoms with E-state index in [9.17, 15) is 0 Å². The van der Waals surface area contributed by atoms with Crippen LogP contribution in [0.3, 0.4) is 0 Å². The van der Waals surface area contributed by atoms with Crippen LogP contribution < -0.4 is 5.32 Å². The molecular weight excluding hydrogens is 236 g/mol. The lowest BCUT2D eigenvalue weighted by Crippen LogP contribution is -2.45. The molecule has 0 bridgehead atoms. The van der Waals surface area contributed by atoms with Gasteiger partial charge in [0.05, 0.1) is 0 Å². The van der Waals surface area contributed by atoms with Crippen LogP contribution in [0.2, 0.25) is 0 Å². The highest BCUT2D eigenvalue weighted by Crippen LogP contribution is 2.11. The number of thiophene rings is 1. The molecule has 1 aromatic rings. The van der Waals surface area contributed by atoms with Gasteiger partial charge in [0.1, 0.15) is 0 Å². The van der Waals surface area contributed by atoms with Crippen molar-refractivity contribution in [2.75, 3.05) is 38.2 Å². The number of nitrogens with one attached hydrogen (secondary N) is 1. The highest BCUT2D eigenvalue weighted by molar-refractivity contribution is 7.99. The van der Waals surface area contributed by atoms with Crippen LogP contribution in [0.25, 0.3) is 0 Å². The Morgan fingerprint density at radius 3 is 3.19 bits per heavy atom. The third-order valence-corrected chi connectivity index (χ3v) is 4.92. The monoisotopic (exact) mass is 256 g/mol. The predicted molar refractivity (Wildman–Crippen MR) is 74.6 cm³/mol. The fourth-order valence-electron chi connectivity index (χ4n) is 1.96. The van der Waals surface area contributed by atoms with Crippen molar-refractivity contribution in [3.8, 4) is 0 Å². The zero-order valence-electron chi connectivity index (χ0n) is 9.82. The summed E-state index contributed by atoms with van der Waals surface area (Å²) in [4.78, 5) is 3.95. The second-order valence-corrected chi connectivity index (χ2v) is 6.50. The smallest absolute Gasteiger partial charge is 0.0285 e. The third-order valence-electron chi connectivity index (χ3n) is 2.85. The van der Waals surface area contributed by atoms with Gasteiger partial charge in [-0.2, -0.15) is 11.8 Å². The zero-order valence-corrected chi connectivity index (χ0v) is 11.4. The molecule has 4 heteroatoms. The number of nitrogens with zero attached hydrogens (tertiary/aromatic N) is 1. The highest BCUT2D eigenvalue weighted by atomic mass is 32.2. The molecule has 0 radical (unpaired) electrons. The second-order valence-electron chi connectivity index (χ2n) is 4.32. The summed E-state index contributed by atoms with van der Waals surface area (Å²) in [6.07, 6.45) is 1.19. The van der Waals surface area contributed by atoms with Gasteiger partial charge in [-0.15, -0.1) is 11.3 Å². The van der Waals surface area contributed by atoms with Crippen molar-refractivity contribution < 1.29 is 0 Å². The average Bonchev–Trinajstić information content (AvgIpc) is 2.81. The first-order valence-corrected chi connectivity index (χ1v) is 7.90. The van der Waals surface area contributed by atoms with Gasteiger partial charge in [-0.3, -0.25) is 0 Å². The Morgan fingerprint density at radius 1 is 1.56 bits per heavy atom. The molecule has 90 valence electrons. The first-order valence-electron chi connectivity index (χ1n) is 5.86. The molecule has 2 rings (SSSR count). The van der Waals surface area contributed by atoms with E-state index < -0.39 is 0 Å². The molecule has 0 saturated carbocycles. The topological polar surface area (TPSA) is 15.3 Å². The number of thioether (sulfide) groups is 1. The highest BCUT2D eigenvalue weighted by Gasteiger charge is 2.14. The lowest BCUT2D eigenvalue weighted by atomic mass is 10.2. The lowest BCUT2D eigenvalue weighted by Gasteiger charge is -2.27. The van der Waals surface area contributed by atoms with Crippen LogP contribution in [0.4, 0.5) is 0 Å². The third kappa shape index (κ3) is 4.09. The lowest BCUT2D eigenvalue weighted by molar-refractivity contribution is 0.302. The maximum atomic E-state index is 3.58. The molecule has 1 aliphatic heterocycles. The number of rotatable bonds is 5. The second kappa shape index (κ2) is 6.64. The van der Waals surface area contributed by atoms with Gasteiger partial charge in [-0.05, 0) is 24.9 Å². The first-order chi connectivity index (χ1) is 7.84. The summed E-state index contributed by atoms with van der Waals surface area (Å²) in [5.74, 6) is 2.54. The molecule has 0 aliphatic carbocycles. The number of hydrogen-bond donors (Lipinski definition) is 1. The van der Waals surface area contributed by atoms with Crippen LogP contribution in [0.5, 0.6) is 0 Å². The van der Waals surface area contributed by atoms with Gasteiger partial charge in [0, 0.05) is 42.1 Å². The van der Waals surface area contributed by atoms with E-state index in [1.807, 2.05) is 11.3 Å². The molecule has 1 unspecified atom stereocenters. The molecule has 1 aromatic heterocycles. The van der Waals surface area contributed by atoms with Gasteiger partial charge in [-0.1, -0.05) is 6.07 Å². The van der Waals surface area contributed by atoms with Crippen molar-refractivity contribution in [2.45, 2.75) is 12.5 Å². The summed E-state index contributed by atoms with van der Waals surface area (Å²) in [6, 6.07) is 5.05. The van der Waals surface area contributed by atoms with Gasteiger partial charge in [-0.25, -0.2) is 0 Å². The molecule has 1 saturated heterocycles. The molecule has 1 atom stereocenters. The standard InChI is InChI=1S/C12H20N2S2/c1-14(6-4-12-3-2-7-16-12)9-11-10-15-8-5-13-11/h2-3,7,11,13H,4-6,8-10H2,1H3. The van der Waals surface area contributed by atoms with E-state index in [-0.39, 0.29) is 0 Å². The van der Waals surface area contributed by atoms with Crippen LogP contribution in [-0.4, -0.2) is 49.1 Å². The van der Waals surface area contributed by atoms with Crippen molar-refractivity contribution in [1.82, 2.24) is 10.2 Å². The Morgan fingerprint density at radius 2 is 2.50 bits per heavy atom. The average molecular weight is 256 g/mol. The van der Waals surface area contributed by atoms with Crippen molar-refractivity contribution in [2.24, 2.45) is 0 Å². The van der Waals surface area contributed by atoms with E-state index in [1.54, 1.807) is 0 Å². The van der Waals surface area contributed by atoms with Crippen LogP contribution in [0.1, 0.15) is 4.88 Å². The van der Waals surface area contributed by atoms with Gasteiger partial charge < -0.3 is 10.2 Å². The molecular formula is C12H20N2S2. The Bertz CT molecular complexity index is 281. The van der Waals surface area contributed by atoms with E-state index in [4.69, 9.17) is 0 Å². The molecule has 1 aliphatic rings. The van der Waals surface area contributed by atoms with E-state index in [1.165, 1.54) is 42.4 Å². The Balaban J connectivity index is 1.65. The molecule has 0 aromatic carbocycles. The summed E-state index contributed by atoms with van der Waals surface area (Å²) >= 11 is 3.94. The predicted octanol–water partition coefficient (Wildman–Crippen LogP) is 1.93. The number of likely N-dealkylation sites (N-methyl/N-ethyl adjacent to an activating group) is 1. The van der Waals surface area contributed by atoms with E-state index in [0.29, 0.717) is 6.04 Å². The Labute approximate surface area is 106 Å². The minimum atomic E-state index is 0.687. The van der Waals surface area contributed by atoms with Gasteiger partial charge in [0.2, 0.25) is 0 Å². The van der Waals surface area contributed by atoms with Crippen molar-refractivity contribution in [1.29, 1.82) is 0 Å². The SMILES string of the molecule is CN(CCc1cccs1)CC1CSCCN1. The molecule has 0 spiro atoms. The van der Waals surface area contributed by atoms with Gasteiger partial charge in [0.25, 0.3) is 0 Å². The maximum absolute atomic E-state index is 3.58. The number of hydrogen-bond acceptors (Lipinski definition) is 4. The minimum Gasteiger partial charge on any atom is -0.311 e. The summed E-state index contributed by atoms with van der Waals surface area (Å²) in [7, 11) is 2.23. The molecule has 0 amide bonds. The van der Waals surface area contributed by atoms with Gasteiger partial charge in [0.15, 0.2) is 0 Å². The molecule has 2 heterocycles. The normalized spacial score (nSPS) is 21.5. The van der Waals surface area contributed by atoms with E-state index in [2.05, 4.69) is 46.5 Å². The van der Waals surface area contributed by atoms with E-state index in [0.717, 1.165) is 0 Å². The fraction of sp³-hybridized carbons (Fsp3) is 0.667. The fourth-order valence-corrected chi connectivity index (χ4v) is 3.60. The van der Waals surface area contributed by atoms with Crippen molar-refractivity contribution >= 4 is 23.1 Å². The van der Waals surface area contributed by atoms with Crippen LogP contribution in [0, 0.1) is 0 Å². The zero-order chi connectivity index (χ0) is 11.2. The van der Waals surface area contributed by atoms with E-state index >= 15 is 0 Å².